The minimum Gasteiger partial charge on any atom is -0.497 e. The molecule has 0 aliphatic carbocycles. The van der Waals surface area contributed by atoms with E-state index in [1.165, 1.54) is 19.1 Å². The van der Waals surface area contributed by atoms with Gasteiger partial charge in [-0.25, -0.2) is 4.90 Å². The van der Waals surface area contributed by atoms with E-state index in [0.717, 1.165) is 22.6 Å². The molecular formula is C24H22N4O4S. The van der Waals surface area contributed by atoms with Gasteiger partial charge in [0.25, 0.3) is 11.8 Å². The molecule has 8 nitrogen and oxygen atoms in total. The van der Waals surface area contributed by atoms with Crippen molar-refractivity contribution in [3.63, 3.8) is 0 Å². The minimum absolute atomic E-state index is 0.0205. The first kappa shape index (κ1) is 22.2. The number of anilines is 1. The maximum absolute atomic E-state index is 13.5. The zero-order valence-electron chi connectivity index (χ0n) is 18.6. The van der Waals surface area contributed by atoms with Crippen LogP contribution in [-0.4, -0.2) is 40.7 Å². The molecule has 1 aliphatic rings. The number of amides is 2. The predicted octanol–water partition coefficient (Wildman–Crippen LogP) is 3.34. The van der Waals surface area contributed by atoms with E-state index in [1.54, 1.807) is 36.7 Å². The van der Waals surface area contributed by atoms with Gasteiger partial charge in [0.2, 0.25) is 0 Å². The highest BCUT2D eigenvalue weighted by atomic mass is 32.1. The summed E-state index contributed by atoms with van der Waals surface area (Å²) in [5.41, 5.74) is 3.90. The van der Waals surface area contributed by atoms with Crippen molar-refractivity contribution in [3.8, 4) is 17.2 Å². The van der Waals surface area contributed by atoms with Crippen LogP contribution in [0.2, 0.25) is 0 Å². The van der Waals surface area contributed by atoms with Gasteiger partial charge < -0.3 is 14.0 Å². The number of pyridine rings is 1. The number of carbonyl (C=O) groups is 2. The van der Waals surface area contributed by atoms with Gasteiger partial charge >= 0.3 is 0 Å². The lowest BCUT2D eigenvalue weighted by Gasteiger charge is -2.30. The number of ether oxygens (including phenoxy) is 2. The van der Waals surface area contributed by atoms with Crippen LogP contribution in [0.25, 0.3) is 11.8 Å². The number of hydrogen-bond donors (Lipinski definition) is 1. The van der Waals surface area contributed by atoms with E-state index < -0.39 is 11.8 Å². The second-order valence-corrected chi connectivity index (χ2v) is 7.75. The summed E-state index contributed by atoms with van der Waals surface area (Å²) in [6.07, 6.45) is 5.01. The Bertz CT molecular complexity index is 1300. The van der Waals surface area contributed by atoms with E-state index in [0.29, 0.717) is 17.2 Å². The van der Waals surface area contributed by atoms with Crippen LogP contribution in [0.3, 0.4) is 0 Å². The number of aromatic nitrogens is 2. The molecule has 0 radical (unpaired) electrons. The molecule has 33 heavy (non-hydrogen) atoms. The first-order valence-electron chi connectivity index (χ1n) is 10.1. The fourth-order valence-electron chi connectivity index (χ4n) is 3.83. The van der Waals surface area contributed by atoms with Crippen LogP contribution in [0.5, 0.6) is 11.5 Å². The van der Waals surface area contributed by atoms with Gasteiger partial charge in [-0.2, -0.15) is 0 Å². The Morgan fingerprint density at radius 3 is 2.42 bits per heavy atom. The van der Waals surface area contributed by atoms with E-state index in [2.05, 4.69) is 10.3 Å². The van der Waals surface area contributed by atoms with E-state index in [9.17, 15) is 9.59 Å². The summed E-state index contributed by atoms with van der Waals surface area (Å²) in [5, 5.41) is 2.59. The Kier molecular flexibility index (Phi) is 5.97. The molecular weight excluding hydrogens is 440 g/mol. The molecule has 2 amide bonds. The van der Waals surface area contributed by atoms with Crippen molar-refractivity contribution in [1.29, 1.82) is 0 Å². The Labute approximate surface area is 196 Å². The topological polar surface area (TPSA) is 85.7 Å². The molecule has 0 spiro atoms. The summed E-state index contributed by atoms with van der Waals surface area (Å²) in [4.78, 5) is 31.5. The molecule has 3 aromatic rings. The third-order valence-corrected chi connectivity index (χ3v) is 5.71. The molecule has 1 aliphatic heterocycles. The molecule has 1 aromatic carbocycles. The Balaban J connectivity index is 1.77. The SMILES string of the molecule is COc1ccc(N2C(=O)C(=Cc3cc(C)n(-c4ccncc4)c3C)C(=O)NC2=S)c(OC)c1. The average Bonchev–Trinajstić information content (AvgIpc) is 3.09. The summed E-state index contributed by atoms with van der Waals surface area (Å²) in [6.45, 7) is 3.89. The third kappa shape index (κ3) is 3.98. The quantitative estimate of drug-likeness (QED) is 0.356. The van der Waals surface area contributed by atoms with E-state index >= 15 is 0 Å². The maximum atomic E-state index is 13.5. The first-order valence-corrected chi connectivity index (χ1v) is 10.5. The van der Waals surface area contributed by atoms with Crippen molar-refractivity contribution in [3.05, 3.63) is 71.3 Å². The molecule has 0 bridgehead atoms. The molecule has 3 heterocycles. The maximum Gasteiger partial charge on any atom is 0.270 e. The number of carbonyl (C=O) groups excluding carboxylic acids is 2. The van der Waals surface area contributed by atoms with Gasteiger partial charge in [-0.05, 0) is 68.0 Å². The zero-order valence-corrected chi connectivity index (χ0v) is 19.4. The lowest BCUT2D eigenvalue weighted by Crippen LogP contribution is -2.54. The lowest BCUT2D eigenvalue weighted by molar-refractivity contribution is -0.122. The lowest BCUT2D eigenvalue weighted by atomic mass is 10.1. The molecule has 1 fully saturated rings. The second-order valence-electron chi connectivity index (χ2n) is 7.36. The van der Waals surface area contributed by atoms with Crippen molar-refractivity contribution in [2.75, 3.05) is 19.1 Å². The molecule has 9 heteroatoms. The zero-order chi connectivity index (χ0) is 23.7. The van der Waals surface area contributed by atoms with Crippen LogP contribution in [0, 0.1) is 13.8 Å². The van der Waals surface area contributed by atoms with E-state index in [1.807, 2.05) is 36.6 Å². The van der Waals surface area contributed by atoms with Crippen molar-refractivity contribution in [2.24, 2.45) is 0 Å². The molecule has 2 aromatic heterocycles. The van der Waals surface area contributed by atoms with Crippen LogP contribution < -0.4 is 19.7 Å². The number of rotatable bonds is 5. The fourth-order valence-corrected chi connectivity index (χ4v) is 4.10. The molecule has 0 atom stereocenters. The van der Waals surface area contributed by atoms with Gasteiger partial charge in [0, 0.05) is 35.5 Å². The summed E-state index contributed by atoms with van der Waals surface area (Å²) in [5.74, 6) is -0.144. The Morgan fingerprint density at radius 2 is 1.76 bits per heavy atom. The summed E-state index contributed by atoms with van der Waals surface area (Å²) in [6, 6.07) is 10.7. The van der Waals surface area contributed by atoms with Gasteiger partial charge in [0.15, 0.2) is 5.11 Å². The van der Waals surface area contributed by atoms with E-state index in [-0.39, 0.29) is 10.7 Å². The van der Waals surface area contributed by atoms with Gasteiger partial charge in [0.1, 0.15) is 17.1 Å². The molecule has 4 rings (SSSR count). The Hall–Kier alpha value is -3.98. The summed E-state index contributed by atoms with van der Waals surface area (Å²) < 4.78 is 12.7. The molecule has 0 unspecified atom stereocenters. The van der Waals surface area contributed by atoms with Crippen molar-refractivity contribution in [1.82, 2.24) is 14.9 Å². The standard InChI is InChI=1S/C24H22N4O4S/c1-14-11-16(15(2)27(14)17-7-9-25-10-8-17)12-19-22(29)26-24(33)28(23(19)30)20-6-5-18(31-3)13-21(20)32-4/h5-13H,1-4H3,(H,26,29,33). The number of aryl methyl sites for hydroxylation is 1. The predicted molar refractivity (Wildman–Crippen MR) is 129 cm³/mol. The number of benzene rings is 1. The van der Waals surface area contributed by atoms with Crippen LogP contribution >= 0.6 is 12.2 Å². The van der Waals surface area contributed by atoms with Crippen molar-refractivity contribution < 1.29 is 19.1 Å². The number of thiocarbonyl (C=S) groups is 1. The van der Waals surface area contributed by atoms with Gasteiger partial charge in [-0.3, -0.25) is 19.9 Å². The monoisotopic (exact) mass is 462 g/mol. The highest BCUT2D eigenvalue weighted by Crippen LogP contribution is 2.34. The van der Waals surface area contributed by atoms with Crippen molar-refractivity contribution in [2.45, 2.75) is 13.8 Å². The number of methoxy groups -OCH3 is 2. The van der Waals surface area contributed by atoms with E-state index in [4.69, 9.17) is 21.7 Å². The van der Waals surface area contributed by atoms with Crippen LogP contribution in [0.4, 0.5) is 5.69 Å². The number of nitrogens with one attached hydrogen (secondary N) is 1. The second kappa shape index (κ2) is 8.87. The van der Waals surface area contributed by atoms with Crippen LogP contribution in [0.15, 0.2) is 54.4 Å². The Morgan fingerprint density at radius 1 is 1.03 bits per heavy atom. The van der Waals surface area contributed by atoms with Crippen molar-refractivity contribution >= 4 is 40.9 Å². The number of nitrogens with zero attached hydrogens (tertiary/aromatic N) is 3. The first-order chi connectivity index (χ1) is 15.8. The van der Waals surface area contributed by atoms with Gasteiger partial charge in [-0.15, -0.1) is 0 Å². The largest absolute Gasteiger partial charge is 0.497 e. The molecule has 1 saturated heterocycles. The highest BCUT2D eigenvalue weighted by molar-refractivity contribution is 7.80. The highest BCUT2D eigenvalue weighted by Gasteiger charge is 2.36. The minimum atomic E-state index is -0.553. The smallest absolute Gasteiger partial charge is 0.270 e. The third-order valence-electron chi connectivity index (χ3n) is 5.42. The molecule has 0 saturated carbocycles. The van der Waals surface area contributed by atoms with Crippen LogP contribution in [0.1, 0.15) is 17.0 Å². The number of hydrogen-bond acceptors (Lipinski definition) is 6. The molecule has 168 valence electrons. The fraction of sp³-hybridized carbons (Fsp3) is 0.167. The van der Waals surface area contributed by atoms with Crippen LogP contribution in [-0.2, 0) is 9.59 Å². The normalized spacial score (nSPS) is 15.1. The summed E-state index contributed by atoms with van der Waals surface area (Å²) >= 11 is 5.31. The summed E-state index contributed by atoms with van der Waals surface area (Å²) in [7, 11) is 3.02. The average molecular weight is 463 g/mol. The van der Waals surface area contributed by atoms with Gasteiger partial charge in [-0.1, -0.05) is 0 Å². The van der Waals surface area contributed by atoms with Gasteiger partial charge in [0.05, 0.1) is 19.9 Å². The molecule has 1 N–H and O–H groups in total.